The van der Waals surface area contributed by atoms with Crippen molar-refractivity contribution in [2.24, 2.45) is 0 Å². The van der Waals surface area contributed by atoms with Crippen LogP contribution in [0.4, 0.5) is 0 Å². The predicted octanol–water partition coefficient (Wildman–Crippen LogP) is 1.67. The largest absolute Gasteiger partial charge is 0.340 e. The van der Waals surface area contributed by atoms with Gasteiger partial charge in [-0.3, -0.25) is 9.69 Å². The van der Waals surface area contributed by atoms with Crippen LogP contribution in [0.25, 0.3) is 0 Å². The van der Waals surface area contributed by atoms with E-state index in [1.165, 1.54) is 5.56 Å². The minimum absolute atomic E-state index is 0.301. The SMILES string of the molecule is CCN(CCC(=O)N1CCN(C)CC1)Cc1ccccc1. The van der Waals surface area contributed by atoms with E-state index in [9.17, 15) is 4.79 Å². The Morgan fingerprint density at radius 2 is 1.81 bits per heavy atom. The first-order valence-electron chi connectivity index (χ1n) is 7.91. The first-order valence-corrected chi connectivity index (χ1v) is 7.91. The third kappa shape index (κ3) is 5.14. The molecule has 116 valence electrons. The molecule has 0 radical (unpaired) electrons. The van der Waals surface area contributed by atoms with Crippen LogP contribution in [0.5, 0.6) is 0 Å². The molecule has 21 heavy (non-hydrogen) atoms. The Morgan fingerprint density at radius 1 is 1.14 bits per heavy atom. The lowest BCUT2D eigenvalue weighted by atomic mass is 10.2. The maximum absolute atomic E-state index is 12.3. The number of hydrogen-bond acceptors (Lipinski definition) is 3. The molecule has 4 heteroatoms. The maximum atomic E-state index is 12.3. The van der Waals surface area contributed by atoms with Crippen molar-refractivity contribution in [3.05, 3.63) is 35.9 Å². The van der Waals surface area contributed by atoms with Gasteiger partial charge in [0.2, 0.25) is 5.91 Å². The smallest absolute Gasteiger partial charge is 0.223 e. The van der Waals surface area contributed by atoms with E-state index in [-0.39, 0.29) is 0 Å². The van der Waals surface area contributed by atoms with Crippen molar-refractivity contribution in [1.29, 1.82) is 0 Å². The second-order valence-electron chi connectivity index (χ2n) is 5.79. The van der Waals surface area contributed by atoms with Crippen molar-refractivity contribution in [1.82, 2.24) is 14.7 Å². The molecule has 0 atom stereocenters. The van der Waals surface area contributed by atoms with Gasteiger partial charge in [0.1, 0.15) is 0 Å². The van der Waals surface area contributed by atoms with E-state index in [1.54, 1.807) is 0 Å². The first-order chi connectivity index (χ1) is 10.2. The van der Waals surface area contributed by atoms with E-state index in [4.69, 9.17) is 0 Å². The molecule has 0 aromatic heterocycles. The molecule has 2 rings (SSSR count). The zero-order chi connectivity index (χ0) is 15.1. The van der Waals surface area contributed by atoms with E-state index in [2.05, 4.69) is 48.0 Å². The molecule has 0 spiro atoms. The van der Waals surface area contributed by atoms with Gasteiger partial charge >= 0.3 is 0 Å². The molecule has 0 saturated carbocycles. The highest BCUT2D eigenvalue weighted by molar-refractivity contribution is 5.76. The lowest BCUT2D eigenvalue weighted by molar-refractivity contribution is -0.133. The maximum Gasteiger partial charge on any atom is 0.223 e. The van der Waals surface area contributed by atoms with Crippen molar-refractivity contribution in [2.45, 2.75) is 19.9 Å². The van der Waals surface area contributed by atoms with Gasteiger partial charge in [-0.1, -0.05) is 37.3 Å². The summed E-state index contributed by atoms with van der Waals surface area (Å²) in [5.41, 5.74) is 1.31. The third-order valence-corrected chi connectivity index (χ3v) is 4.19. The highest BCUT2D eigenvalue weighted by Crippen LogP contribution is 2.07. The van der Waals surface area contributed by atoms with Crippen LogP contribution in [0.1, 0.15) is 18.9 Å². The van der Waals surface area contributed by atoms with Crippen molar-refractivity contribution in [2.75, 3.05) is 46.3 Å². The monoisotopic (exact) mass is 289 g/mol. The fraction of sp³-hybridized carbons (Fsp3) is 0.588. The van der Waals surface area contributed by atoms with Crippen molar-refractivity contribution in [3.8, 4) is 0 Å². The van der Waals surface area contributed by atoms with Crippen LogP contribution in [-0.2, 0) is 11.3 Å². The molecule has 1 aliphatic heterocycles. The zero-order valence-corrected chi connectivity index (χ0v) is 13.3. The van der Waals surface area contributed by atoms with E-state index >= 15 is 0 Å². The lowest BCUT2D eigenvalue weighted by Gasteiger charge is -2.33. The lowest BCUT2D eigenvalue weighted by Crippen LogP contribution is -2.47. The fourth-order valence-electron chi connectivity index (χ4n) is 2.66. The van der Waals surface area contributed by atoms with E-state index in [0.717, 1.165) is 45.8 Å². The standard InChI is InChI=1S/C17H27N3O/c1-3-19(15-16-7-5-4-6-8-16)10-9-17(21)20-13-11-18(2)12-14-20/h4-8H,3,9-15H2,1-2H3. The number of amides is 1. The summed E-state index contributed by atoms with van der Waals surface area (Å²) in [6.07, 6.45) is 0.629. The molecule has 1 aromatic rings. The summed E-state index contributed by atoms with van der Waals surface area (Å²) in [4.78, 5) is 18.9. The Balaban J connectivity index is 1.76. The van der Waals surface area contributed by atoms with Gasteiger partial charge in [0, 0.05) is 45.7 Å². The minimum atomic E-state index is 0.301. The van der Waals surface area contributed by atoms with Gasteiger partial charge in [-0.25, -0.2) is 0 Å². The number of piperazine rings is 1. The molecule has 4 nitrogen and oxygen atoms in total. The molecule has 0 aliphatic carbocycles. The van der Waals surface area contributed by atoms with Crippen molar-refractivity contribution in [3.63, 3.8) is 0 Å². The molecule has 0 N–H and O–H groups in total. The van der Waals surface area contributed by atoms with E-state index in [0.29, 0.717) is 12.3 Å². The number of rotatable bonds is 6. The van der Waals surface area contributed by atoms with Crippen LogP contribution in [0.15, 0.2) is 30.3 Å². The van der Waals surface area contributed by atoms with Gasteiger partial charge in [0.15, 0.2) is 0 Å². The molecule has 1 fully saturated rings. The Bertz CT molecular complexity index is 427. The van der Waals surface area contributed by atoms with Crippen LogP contribution in [-0.4, -0.2) is 66.9 Å². The second kappa shape index (κ2) is 8.15. The summed E-state index contributed by atoms with van der Waals surface area (Å²) < 4.78 is 0. The topological polar surface area (TPSA) is 26.8 Å². The van der Waals surface area contributed by atoms with Crippen LogP contribution in [0.3, 0.4) is 0 Å². The molecular weight excluding hydrogens is 262 g/mol. The van der Waals surface area contributed by atoms with Gasteiger partial charge in [0.05, 0.1) is 0 Å². The Morgan fingerprint density at radius 3 is 2.43 bits per heavy atom. The molecule has 1 amide bonds. The molecule has 1 heterocycles. The zero-order valence-electron chi connectivity index (χ0n) is 13.3. The molecule has 1 saturated heterocycles. The van der Waals surface area contributed by atoms with Gasteiger partial charge in [-0.05, 0) is 19.2 Å². The summed E-state index contributed by atoms with van der Waals surface area (Å²) >= 11 is 0. The summed E-state index contributed by atoms with van der Waals surface area (Å²) in [6.45, 7) is 8.64. The van der Waals surface area contributed by atoms with Gasteiger partial charge < -0.3 is 9.80 Å². The molecule has 0 bridgehead atoms. The summed E-state index contributed by atoms with van der Waals surface area (Å²) in [5, 5.41) is 0. The van der Waals surface area contributed by atoms with Crippen molar-refractivity contribution >= 4 is 5.91 Å². The fourth-order valence-corrected chi connectivity index (χ4v) is 2.66. The summed E-state index contributed by atoms with van der Waals surface area (Å²) in [5.74, 6) is 0.301. The number of carbonyl (C=O) groups excluding carboxylic acids is 1. The quantitative estimate of drug-likeness (QED) is 0.797. The second-order valence-corrected chi connectivity index (χ2v) is 5.79. The van der Waals surface area contributed by atoms with Gasteiger partial charge in [-0.15, -0.1) is 0 Å². The number of hydrogen-bond donors (Lipinski definition) is 0. The van der Waals surface area contributed by atoms with E-state index < -0.39 is 0 Å². The number of carbonyl (C=O) groups is 1. The van der Waals surface area contributed by atoms with Crippen molar-refractivity contribution < 1.29 is 4.79 Å². The Labute approximate surface area is 128 Å². The number of benzene rings is 1. The highest BCUT2D eigenvalue weighted by Gasteiger charge is 2.19. The van der Waals surface area contributed by atoms with Gasteiger partial charge in [0.25, 0.3) is 0 Å². The van der Waals surface area contributed by atoms with Crippen LogP contribution in [0, 0.1) is 0 Å². The average Bonchev–Trinajstić information content (AvgIpc) is 2.52. The van der Waals surface area contributed by atoms with E-state index in [1.807, 2.05) is 11.0 Å². The minimum Gasteiger partial charge on any atom is -0.340 e. The van der Waals surface area contributed by atoms with Crippen LogP contribution in [0.2, 0.25) is 0 Å². The highest BCUT2D eigenvalue weighted by atomic mass is 16.2. The summed E-state index contributed by atoms with van der Waals surface area (Å²) in [7, 11) is 2.11. The Kier molecular flexibility index (Phi) is 6.21. The number of nitrogens with zero attached hydrogens (tertiary/aromatic N) is 3. The van der Waals surface area contributed by atoms with Gasteiger partial charge in [-0.2, -0.15) is 0 Å². The Hall–Kier alpha value is -1.39. The van der Waals surface area contributed by atoms with Crippen LogP contribution >= 0.6 is 0 Å². The number of likely N-dealkylation sites (N-methyl/N-ethyl adjacent to an activating group) is 1. The third-order valence-electron chi connectivity index (χ3n) is 4.19. The molecular formula is C17H27N3O. The summed E-state index contributed by atoms with van der Waals surface area (Å²) in [6, 6.07) is 10.5. The average molecular weight is 289 g/mol. The first kappa shape index (κ1) is 16.0. The molecule has 0 unspecified atom stereocenters. The normalized spacial score (nSPS) is 16.4. The van der Waals surface area contributed by atoms with Crippen LogP contribution < -0.4 is 0 Å². The molecule has 1 aliphatic rings. The predicted molar refractivity (Wildman–Crippen MR) is 86.1 cm³/mol. The molecule has 1 aromatic carbocycles.